The highest BCUT2D eigenvalue weighted by Gasteiger charge is 2.37. The van der Waals surface area contributed by atoms with Gasteiger partial charge in [-0.25, -0.2) is 9.97 Å². The minimum absolute atomic E-state index is 0.242. The summed E-state index contributed by atoms with van der Waals surface area (Å²) in [6.07, 6.45) is -4.79. The van der Waals surface area contributed by atoms with Gasteiger partial charge in [-0.05, 0) is 19.9 Å². The van der Waals surface area contributed by atoms with E-state index in [0.29, 0.717) is 26.2 Å². The fourth-order valence-corrected chi connectivity index (χ4v) is 2.03. The van der Waals surface area contributed by atoms with Crippen molar-refractivity contribution in [2.24, 2.45) is 0 Å². The second-order valence-electron chi connectivity index (χ2n) is 5.56. The average Bonchev–Trinajstić information content (AvgIpc) is 2.45. The molecule has 0 aliphatic carbocycles. The Kier molecular flexibility index (Phi) is 4.39. The number of nitrogens with zero attached hydrogens (tertiary/aromatic N) is 3. The number of carbonyl (C=O) groups is 1. The van der Waals surface area contributed by atoms with Gasteiger partial charge in [-0.3, -0.25) is 4.79 Å². The van der Waals surface area contributed by atoms with Gasteiger partial charge >= 0.3 is 6.18 Å². The third kappa shape index (κ3) is 3.72. The second kappa shape index (κ2) is 5.81. The van der Waals surface area contributed by atoms with Gasteiger partial charge < -0.3 is 15.3 Å². The van der Waals surface area contributed by atoms with Crippen molar-refractivity contribution in [3.05, 3.63) is 23.3 Å². The Labute approximate surface area is 125 Å². The molecular formula is C13H17F3N4O2. The summed E-state index contributed by atoms with van der Waals surface area (Å²) in [5.74, 6) is -2.02. The van der Waals surface area contributed by atoms with E-state index in [4.69, 9.17) is 0 Å². The van der Waals surface area contributed by atoms with Crippen LogP contribution in [0.2, 0.25) is 0 Å². The number of amides is 1. The summed E-state index contributed by atoms with van der Waals surface area (Å²) in [5.41, 5.74) is -2.21. The standard InChI is InChI=1S/C13H17F3N4O2/c1-12(2,22)9-7-8(18-11(19-9)13(14,15)16)10(21)20-5-3-17-4-6-20/h7,17,22H,3-6H2,1-2H3. The molecule has 0 radical (unpaired) electrons. The zero-order valence-electron chi connectivity index (χ0n) is 12.2. The molecule has 1 aliphatic heterocycles. The molecule has 0 bridgehead atoms. The smallest absolute Gasteiger partial charge is 0.384 e. The average molecular weight is 318 g/mol. The molecule has 0 spiro atoms. The van der Waals surface area contributed by atoms with Crippen molar-refractivity contribution in [3.63, 3.8) is 0 Å². The van der Waals surface area contributed by atoms with E-state index in [2.05, 4.69) is 15.3 Å². The first-order chi connectivity index (χ1) is 10.1. The van der Waals surface area contributed by atoms with Gasteiger partial charge in [0.1, 0.15) is 11.3 Å². The van der Waals surface area contributed by atoms with Gasteiger partial charge in [0.25, 0.3) is 5.91 Å². The molecule has 1 fully saturated rings. The van der Waals surface area contributed by atoms with Crippen LogP contribution in [0.3, 0.4) is 0 Å². The van der Waals surface area contributed by atoms with Crippen LogP contribution in [0.4, 0.5) is 13.2 Å². The van der Waals surface area contributed by atoms with Crippen molar-refractivity contribution >= 4 is 5.91 Å². The largest absolute Gasteiger partial charge is 0.451 e. The van der Waals surface area contributed by atoms with Crippen LogP contribution in [0.1, 0.15) is 35.9 Å². The molecule has 2 rings (SSSR count). The first-order valence-corrected chi connectivity index (χ1v) is 6.78. The minimum Gasteiger partial charge on any atom is -0.384 e. The van der Waals surface area contributed by atoms with Crippen molar-refractivity contribution in [2.45, 2.75) is 25.6 Å². The monoisotopic (exact) mass is 318 g/mol. The second-order valence-corrected chi connectivity index (χ2v) is 5.56. The number of halogens is 3. The molecule has 6 nitrogen and oxygen atoms in total. The maximum absolute atomic E-state index is 12.9. The summed E-state index contributed by atoms with van der Waals surface area (Å²) >= 11 is 0. The predicted octanol–water partition coefficient (Wildman–Crippen LogP) is 0.768. The molecule has 1 saturated heterocycles. The number of hydrogen-bond acceptors (Lipinski definition) is 5. The molecular weight excluding hydrogens is 301 g/mol. The highest BCUT2D eigenvalue weighted by Crippen LogP contribution is 2.29. The summed E-state index contributed by atoms with van der Waals surface area (Å²) in [6, 6.07) is 1.11. The van der Waals surface area contributed by atoms with Crippen LogP contribution in [-0.4, -0.2) is 52.1 Å². The Bertz CT molecular complexity index is 531. The lowest BCUT2D eigenvalue weighted by atomic mass is 10.0. The normalized spacial score (nSPS) is 16.7. The van der Waals surface area contributed by atoms with Gasteiger partial charge in [-0.15, -0.1) is 0 Å². The van der Waals surface area contributed by atoms with E-state index in [0.717, 1.165) is 6.07 Å². The van der Waals surface area contributed by atoms with Gasteiger partial charge in [0.2, 0.25) is 5.82 Å². The zero-order chi connectivity index (χ0) is 16.5. The van der Waals surface area contributed by atoms with Crippen molar-refractivity contribution in [3.8, 4) is 0 Å². The highest BCUT2D eigenvalue weighted by atomic mass is 19.4. The van der Waals surface area contributed by atoms with E-state index in [9.17, 15) is 23.1 Å². The number of nitrogens with one attached hydrogen (secondary N) is 1. The summed E-state index contributed by atoms with van der Waals surface area (Å²) in [7, 11) is 0. The fraction of sp³-hybridized carbons (Fsp3) is 0.615. The topological polar surface area (TPSA) is 78.4 Å². The van der Waals surface area contributed by atoms with Gasteiger partial charge in [-0.1, -0.05) is 0 Å². The molecule has 1 amide bonds. The summed E-state index contributed by atoms with van der Waals surface area (Å²) in [4.78, 5) is 20.4. The molecule has 22 heavy (non-hydrogen) atoms. The molecule has 9 heteroatoms. The van der Waals surface area contributed by atoms with E-state index in [1.807, 2.05) is 0 Å². The Morgan fingerprint density at radius 3 is 2.36 bits per heavy atom. The van der Waals surface area contributed by atoms with Crippen LogP contribution >= 0.6 is 0 Å². The van der Waals surface area contributed by atoms with Gasteiger partial charge in [0.15, 0.2) is 0 Å². The zero-order valence-corrected chi connectivity index (χ0v) is 12.2. The van der Waals surface area contributed by atoms with E-state index in [1.165, 1.54) is 18.7 Å². The van der Waals surface area contributed by atoms with Crippen LogP contribution in [0.5, 0.6) is 0 Å². The van der Waals surface area contributed by atoms with E-state index in [-0.39, 0.29) is 11.4 Å². The molecule has 0 unspecified atom stereocenters. The maximum atomic E-state index is 12.9. The molecule has 0 saturated carbocycles. The molecule has 122 valence electrons. The van der Waals surface area contributed by atoms with Crippen molar-refractivity contribution in [2.75, 3.05) is 26.2 Å². The van der Waals surface area contributed by atoms with Gasteiger partial charge in [-0.2, -0.15) is 13.2 Å². The summed E-state index contributed by atoms with van der Waals surface area (Å²) < 4.78 is 38.7. The van der Waals surface area contributed by atoms with Crippen LogP contribution in [0.15, 0.2) is 6.07 Å². The maximum Gasteiger partial charge on any atom is 0.451 e. The highest BCUT2D eigenvalue weighted by molar-refractivity contribution is 5.92. The van der Waals surface area contributed by atoms with E-state index >= 15 is 0 Å². The Morgan fingerprint density at radius 2 is 1.86 bits per heavy atom. The predicted molar refractivity (Wildman–Crippen MR) is 71.1 cm³/mol. The van der Waals surface area contributed by atoms with Gasteiger partial charge in [0, 0.05) is 26.2 Å². The van der Waals surface area contributed by atoms with Crippen LogP contribution < -0.4 is 5.32 Å². The lowest BCUT2D eigenvalue weighted by molar-refractivity contribution is -0.145. The van der Waals surface area contributed by atoms with Crippen LogP contribution in [0, 0.1) is 0 Å². The molecule has 0 aromatic carbocycles. The van der Waals surface area contributed by atoms with Crippen molar-refractivity contribution in [1.82, 2.24) is 20.2 Å². The number of rotatable bonds is 2. The van der Waals surface area contributed by atoms with E-state index < -0.39 is 23.5 Å². The van der Waals surface area contributed by atoms with Crippen LogP contribution in [-0.2, 0) is 11.8 Å². The Balaban J connectivity index is 2.43. The van der Waals surface area contributed by atoms with Crippen LogP contribution in [0.25, 0.3) is 0 Å². The number of piperazine rings is 1. The van der Waals surface area contributed by atoms with Crippen molar-refractivity contribution in [1.29, 1.82) is 0 Å². The first-order valence-electron chi connectivity index (χ1n) is 6.78. The minimum atomic E-state index is -4.79. The summed E-state index contributed by atoms with van der Waals surface area (Å²) in [6.45, 7) is 4.52. The lowest BCUT2D eigenvalue weighted by Gasteiger charge is -2.27. The number of aromatic nitrogens is 2. The van der Waals surface area contributed by atoms with Crippen molar-refractivity contribution < 1.29 is 23.1 Å². The number of alkyl halides is 3. The number of hydrogen-bond donors (Lipinski definition) is 2. The first kappa shape index (κ1) is 16.6. The Hall–Kier alpha value is -1.74. The van der Waals surface area contributed by atoms with Gasteiger partial charge in [0.05, 0.1) is 5.69 Å². The quantitative estimate of drug-likeness (QED) is 0.842. The third-order valence-electron chi connectivity index (χ3n) is 3.23. The summed E-state index contributed by atoms with van der Waals surface area (Å²) in [5, 5.41) is 12.9. The molecule has 1 aromatic rings. The molecule has 1 aromatic heterocycles. The Morgan fingerprint density at radius 1 is 1.27 bits per heavy atom. The SMILES string of the molecule is CC(C)(O)c1cc(C(=O)N2CCNCC2)nc(C(F)(F)F)n1. The lowest BCUT2D eigenvalue weighted by Crippen LogP contribution is -2.46. The fourth-order valence-electron chi connectivity index (χ4n) is 2.03. The number of aliphatic hydroxyl groups is 1. The molecule has 2 N–H and O–H groups in total. The molecule has 0 atom stereocenters. The third-order valence-corrected chi connectivity index (χ3v) is 3.23. The molecule has 2 heterocycles. The number of carbonyl (C=O) groups excluding carboxylic acids is 1. The molecule has 1 aliphatic rings. The van der Waals surface area contributed by atoms with E-state index in [1.54, 1.807) is 0 Å².